The second-order valence-corrected chi connectivity index (χ2v) is 4.30. The van der Waals surface area contributed by atoms with Crippen LogP contribution in [0.1, 0.15) is 12.5 Å². The highest BCUT2D eigenvalue weighted by atomic mass is 32.1. The van der Waals surface area contributed by atoms with E-state index in [1.54, 1.807) is 6.92 Å². The summed E-state index contributed by atoms with van der Waals surface area (Å²) < 4.78 is 0. The van der Waals surface area contributed by atoms with Gasteiger partial charge in [-0.15, -0.1) is 0 Å². The summed E-state index contributed by atoms with van der Waals surface area (Å²) in [6.45, 7) is 1.77. The smallest absolute Gasteiger partial charge is 0.184 e. The number of phenolic OH excluding ortho intramolecular Hbond substituents is 1. The van der Waals surface area contributed by atoms with Gasteiger partial charge in [-0.1, -0.05) is 30.3 Å². The Kier molecular flexibility index (Phi) is 3.43. The molecule has 4 nitrogen and oxygen atoms in total. The molecule has 0 amide bonds. The second-order valence-electron chi connectivity index (χ2n) is 3.86. The number of hydrogen-bond acceptors (Lipinski definition) is 3. The Morgan fingerprint density at radius 2 is 2.00 bits per heavy atom. The molecule has 0 bridgehead atoms. The minimum absolute atomic E-state index is 0.0922. The van der Waals surface area contributed by atoms with Crippen LogP contribution in [0.15, 0.2) is 41.5 Å². The van der Waals surface area contributed by atoms with E-state index >= 15 is 0 Å². The number of thiocarbonyl (C=S) groups is 1. The molecule has 0 radical (unpaired) electrons. The molecule has 0 unspecified atom stereocenters. The zero-order valence-electron chi connectivity index (χ0n) is 9.84. The van der Waals surface area contributed by atoms with Gasteiger partial charge in [-0.25, -0.2) is 0 Å². The SMILES string of the molecule is C/C(=N\NC(N)=S)c1ccc2ccccc2c1O. The Balaban J connectivity index is 2.49. The predicted octanol–water partition coefficient (Wildman–Crippen LogP) is 2.10. The topological polar surface area (TPSA) is 70.6 Å². The van der Waals surface area contributed by atoms with Crippen molar-refractivity contribution in [2.75, 3.05) is 0 Å². The van der Waals surface area contributed by atoms with Crippen molar-refractivity contribution in [3.8, 4) is 5.75 Å². The largest absolute Gasteiger partial charge is 0.507 e. The third-order valence-electron chi connectivity index (χ3n) is 2.62. The van der Waals surface area contributed by atoms with E-state index in [1.807, 2.05) is 36.4 Å². The molecule has 0 saturated heterocycles. The van der Waals surface area contributed by atoms with Crippen LogP contribution in [0.4, 0.5) is 0 Å². The van der Waals surface area contributed by atoms with Crippen molar-refractivity contribution in [2.24, 2.45) is 10.8 Å². The van der Waals surface area contributed by atoms with E-state index in [4.69, 9.17) is 5.73 Å². The maximum atomic E-state index is 10.2. The third kappa shape index (κ3) is 2.41. The van der Waals surface area contributed by atoms with Crippen LogP contribution in [0.5, 0.6) is 5.75 Å². The monoisotopic (exact) mass is 259 g/mol. The van der Waals surface area contributed by atoms with Crippen LogP contribution in [0.25, 0.3) is 10.8 Å². The molecule has 0 aliphatic carbocycles. The molecule has 2 aromatic rings. The van der Waals surface area contributed by atoms with Crippen LogP contribution < -0.4 is 11.2 Å². The van der Waals surface area contributed by atoms with Crippen molar-refractivity contribution in [1.82, 2.24) is 5.43 Å². The fourth-order valence-corrected chi connectivity index (χ4v) is 1.79. The van der Waals surface area contributed by atoms with Crippen LogP contribution in [0, 0.1) is 0 Å². The van der Waals surface area contributed by atoms with Crippen molar-refractivity contribution in [1.29, 1.82) is 0 Å². The van der Waals surface area contributed by atoms with Crippen molar-refractivity contribution in [3.05, 3.63) is 42.0 Å². The van der Waals surface area contributed by atoms with Gasteiger partial charge in [0.2, 0.25) is 0 Å². The van der Waals surface area contributed by atoms with Gasteiger partial charge in [-0.05, 0) is 30.6 Å². The number of hydrazone groups is 1. The number of hydrogen-bond donors (Lipinski definition) is 3. The lowest BCUT2D eigenvalue weighted by molar-refractivity contribution is 0.480. The summed E-state index contributed by atoms with van der Waals surface area (Å²) >= 11 is 4.67. The molecular formula is C13H13N3OS. The maximum Gasteiger partial charge on any atom is 0.184 e. The zero-order valence-corrected chi connectivity index (χ0v) is 10.7. The Labute approximate surface area is 110 Å². The van der Waals surface area contributed by atoms with Gasteiger partial charge in [0.1, 0.15) is 5.75 Å². The van der Waals surface area contributed by atoms with Crippen molar-refractivity contribution < 1.29 is 5.11 Å². The van der Waals surface area contributed by atoms with Gasteiger partial charge in [-0.2, -0.15) is 5.10 Å². The normalized spacial score (nSPS) is 11.5. The molecule has 2 rings (SSSR count). The molecule has 92 valence electrons. The average molecular weight is 259 g/mol. The average Bonchev–Trinajstić information content (AvgIpc) is 2.37. The van der Waals surface area contributed by atoms with E-state index in [0.717, 1.165) is 10.8 Å². The summed E-state index contributed by atoms with van der Waals surface area (Å²) in [5.74, 6) is 0.207. The maximum absolute atomic E-state index is 10.2. The molecule has 0 spiro atoms. The van der Waals surface area contributed by atoms with Crippen LogP contribution in [0.3, 0.4) is 0 Å². The first-order valence-corrected chi connectivity index (χ1v) is 5.81. The Morgan fingerprint density at radius 3 is 2.72 bits per heavy atom. The predicted molar refractivity (Wildman–Crippen MR) is 77.7 cm³/mol. The van der Waals surface area contributed by atoms with Gasteiger partial charge in [0, 0.05) is 10.9 Å². The van der Waals surface area contributed by atoms with E-state index in [-0.39, 0.29) is 10.9 Å². The van der Waals surface area contributed by atoms with E-state index in [0.29, 0.717) is 11.3 Å². The van der Waals surface area contributed by atoms with Crippen molar-refractivity contribution in [3.63, 3.8) is 0 Å². The van der Waals surface area contributed by atoms with Gasteiger partial charge in [0.25, 0.3) is 0 Å². The number of aromatic hydroxyl groups is 1. The number of rotatable bonds is 2. The molecule has 0 aliphatic rings. The van der Waals surface area contributed by atoms with Gasteiger partial charge in [0.05, 0.1) is 5.71 Å². The summed E-state index contributed by atoms with van der Waals surface area (Å²) in [7, 11) is 0. The highest BCUT2D eigenvalue weighted by Gasteiger charge is 2.08. The van der Waals surface area contributed by atoms with E-state index in [9.17, 15) is 5.11 Å². The molecule has 4 N–H and O–H groups in total. The van der Waals surface area contributed by atoms with E-state index < -0.39 is 0 Å². The quantitative estimate of drug-likeness (QED) is 0.439. The fraction of sp³-hybridized carbons (Fsp3) is 0.0769. The van der Waals surface area contributed by atoms with Gasteiger partial charge < -0.3 is 10.8 Å². The summed E-state index contributed by atoms with van der Waals surface area (Å²) in [6, 6.07) is 11.4. The highest BCUT2D eigenvalue weighted by Crippen LogP contribution is 2.28. The second kappa shape index (κ2) is 5.01. The highest BCUT2D eigenvalue weighted by molar-refractivity contribution is 7.80. The third-order valence-corrected chi connectivity index (χ3v) is 2.72. The number of nitrogens with two attached hydrogens (primary N) is 1. The first-order chi connectivity index (χ1) is 8.59. The molecule has 0 heterocycles. The molecule has 0 atom stereocenters. The van der Waals surface area contributed by atoms with Gasteiger partial charge in [0.15, 0.2) is 5.11 Å². The molecule has 5 heteroatoms. The first kappa shape index (κ1) is 12.3. The summed E-state index contributed by atoms with van der Waals surface area (Å²) in [4.78, 5) is 0. The summed E-state index contributed by atoms with van der Waals surface area (Å²) in [5.41, 5.74) is 9.07. The van der Waals surface area contributed by atoms with Gasteiger partial charge in [-0.3, -0.25) is 5.43 Å². The van der Waals surface area contributed by atoms with Crippen molar-refractivity contribution in [2.45, 2.75) is 6.92 Å². The minimum atomic E-state index is 0.0922. The van der Waals surface area contributed by atoms with Crippen LogP contribution in [0.2, 0.25) is 0 Å². The Hall–Kier alpha value is -2.14. The Morgan fingerprint density at radius 1 is 1.28 bits per heavy atom. The molecular weight excluding hydrogens is 246 g/mol. The number of nitrogens with one attached hydrogen (secondary N) is 1. The fourth-order valence-electron chi connectivity index (χ4n) is 1.75. The molecule has 0 aromatic heterocycles. The molecule has 2 aromatic carbocycles. The van der Waals surface area contributed by atoms with Crippen LogP contribution in [-0.2, 0) is 0 Å². The van der Waals surface area contributed by atoms with E-state index in [2.05, 4.69) is 22.7 Å². The molecule has 0 fully saturated rings. The van der Waals surface area contributed by atoms with Gasteiger partial charge >= 0.3 is 0 Å². The molecule has 0 aliphatic heterocycles. The molecule has 18 heavy (non-hydrogen) atoms. The standard InChI is InChI=1S/C13H13N3OS/c1-8(15-16-13(14)18)10-7-6-9-4-2-3-5-11(9)12(10)17/h2-7,17H,1H3,(H3,14,16,18)/b15-8+. The lowest BCUT2D eigenvalue weighted by atomic mass is 10.0. The summed E-state index contributed by atoms with van der Waals surface area (Å²) in [6.07, 6.45) is 0. The minimum Gasteiger partial charge on any atom is -0.507 e. The lowest BCUT2D eigenvalue weighted by Crippen LogP contribution is -2.25. The number of phenols is 1. The van der Waals surface area contributed by atoms with E-state index in [1.165, 1.54) is 0 Å². The zero-order chi connectivity index (χ0) is 13.1. The number of benzene rings is 2. The van der Waals surface area contributed by atoms with Crippen LogP contribution in [-0.4, -0.2) is 15.9 Å². The van der Waals surface area contributed by atoms with Crippen molar-refractivity contribution >= 4 is 33.8 Å². The number of nitrogens with zero attached hydrogens (tertiary/aromatic N) is 1. The first-order valence-electron chi connectivity index (χ1n) is 5.40. The van der Waals surface area contributed by atoms with Crippen LogP contribution >= 0.6 is 12.2 Å². The molecule has 0 saturated carbocycles. The Bertz CT molecular complexity index is 637. The number of fused-ring (bicyclic) bond motifs is 1. The lowest BCUT2D eigenvalue weighted by Gasteiger charge is -2.07. The summed E-state index contributed by atoms with van der Waals surface area (Å²) in [5, 5.41) is 16.1.